The average Bonchev–Trinajstić information content (AvgIpc) is 2.66. The molecule has 0 N–H and O–H groups in total. The third kappa shape index (κ3) is 2.56. The zero-order valence-corrected chi connectivity index (χ0v) is 9.15. The molecule has 1 aromatic rings. The number of ketones is 1. The number of halogens is 1. The lowest BCUT2D eigenvalue weighted by Crippen LogP contribution is -2.02. The van der Waals surface area contributed by atoms with Crippen LogP contribution in [0.4, 0.5) is 0 Å². The highest BCUT2D eigenvalue weighted by atomic mass is 35.5. The minimum atomic E-state index is -0.397. The Morgan fingerprint density at radius 1 is 1.57 bits per heavy atom. The molecule has 0 aliphatic carbocycles. The summed E-state index contributed by atoms with van der Waals surface area (Å²) in [4.78, 5) is 22.8. The van der Waals surface area contributed by atoms with Gasteiger partial charge in [-0.15, -0.1) is 22.9 Å². The first-order chi connectivity index (χ1) is 6.69. The van der Waals surface area contributed by atoms with Gasteiger partial charge in [0.15, 0.2) is 5.78 Å². The quantitative estimate of drug-likeness (QED) is 0.455. The number of carbonyl (C=O) groups is 2. The Morgan fingerprint density at radius 3 is 2.86 bits per heavy atom. The molecule has 0 spiro atoms. The number of esters is 1. The first-order valence-corrected chi connectivity index (χ1v) is 5.45. The minimum absolute atomic E-state index is 0.0704. The summed E-state index contributed by atoms with van der Waals surface area (Å²) in [6, 6.07) is 1.51. The average molecular weight is 233 g/mol. The van der Waals surface area contributed by atoms with E-state index in [-0.39, 0.29) is 11.7 Å². The number of rotatable bonds is 4. The van der Waals surface area contributed by atoms with E-state index in [2.05, 4.69) is 0 Å². The second-order valence-electron chi connectivity index (χ2n) is 2.48. The van der Waals surface area contributed by atoms with E-state index >= 15 is 0 Å². The highest BCUT2D eigenvalue weighted by molar-refractivity contribution is 7.12. The van der Waals surface area contributed by atoms with Gasteiger partial charge < -0.3 is 4.74 Å². The molecule has 76 valence electrons. The third-order valence-electron chi connectivity index (χ3n) is 1.52. The Balaban J connectivity index is 2.77. The fraction of sp³-hybridized carbons (Fsp3) is 0.333. The predicted octanol–water partition coefficient (Wildman–Crippen LogP) is 2.35. The largest absolute Gasteiger partial charge is 0.462 e. The van der Waals surface area contributed by atoms with Crippen molar-refractivity contribution in [3.05, 3.63) is 21.9 Å². The maximum Gasteiger partial charge on any atom is 0.348 e. The summed E-state index contributed by atoms with van der Waals surface area (Å²) in [6.45, 7) is 2.06. The maximum atomic E-state index is 11.2. The number of ether oxygens (including phenoxy) is 1. The van der Waals surface area contributed by atoms with E-state index in [1.807, 2.05) is 0 Å². The van der Waals surface area contributed by atoms with Crippen molar-refractivity contribution in [1.82, 2.24) is 0 Å². The van der Waals surface area contributed by atoms with Crippen molar-refractivity contribution in [1.29, 1.82) is 0 Å². The number of thiophene rings is 1. The second kappa shape index (κ2) is 5.12. The van der Waals surface area contributed by atoms with Crippen LogP contribution in [-0.2, 0) is 4.74 Å². The molecule has 0 radical (unpaired) electrons. The molecule has 1 aromatic heterocycles. The van der Waals surface area contributed by atoms with Gasteiger partial charge in [-0.2, -0.15) is 0 Å². The van der Waals surface area contributed by atoms with Crippen LogP contribution >= 0.6 is 22.9 Å². The van der Waals surface area contributed by atoms with Gasteiger partial charge in [0.1, 0.15) is 4.88 Å². The molecule has 14 heavy (non-hydrogen) atoms. The summed E-state index contributed by atoms with van der Waals surface area (Å²) in [5, 5.41) is 1.61. The van der Waals surface area contributed by atoms with E-state index in [1.165, 1.54) is 17.4 Å². The highest BCUT2D eigenvalue weighted by Crippen LogP contribution is 2.16. The summed E-state index contributed by atoms with van der Waals surface area (Å²) < 4.78 is 4.78. The summed E-state index contributed by atoms with van der Waals surface area (Å²) in [7, 11) is 0. The van der Waals surface area contributed by atoms with Gasteiger partial charge in [-0.05, 0) is 13.0 Å². The van der Waals surface area contributed by atoms with Gasteiger partial charge in [0, 0.05) is 10.9 Å². The Kier molecular flexibility index (Phi) is 4.10. The van der Waals surface area contributed by atoms with Crippen molar-refractivity contribution >= 4 is 34.7 Å². The Hall–Kier alpha value is -0.870. The standard InChI is InChI=1S/C9H9ClO3S/c1-2-13-9(12)8-3-6(5-14-8)7(11)4-10/h3,5H,2,4H2,1H3. The van der Waals surface area contributed by atoms with Crippen molar-refractivity contribution in [2.75, 3.05) is 12.5 Å². The minimum Gasteiger partial charge on any atom is -0.462 e. The van der Waals surface area contributed by atoms with E-state index < -0.39 is 5.97 Å². The highest BCUT2D eigenvalue weighted by Gasteiger charge is 2.13. The molecule has 0 aliphatic heterocycles. The SMILES string of the molecule is CCOC(=O)c1cc(C(=O)CCl)cs1. The molecule has 5 heteroatoms. The third-order valence-corrected chi connectivity index (χ3v) is 2.67. The smallest absolute Gasteiger partial charge is 0.348 e. The molecule has 0 fully saturated rings. The summed E-state index contributed by atoms with van der Waals surface area (Å²) in [5.74, 6) is -0.650. The van der Waals surface area contributed by atoms with Gasteiger partial charge in [0.25, 0.3) is 0 Å². The normalized spacial score (nSPS) is 9.86. The molecule has 3 nitrogen and oxygen atoms in total. The van der Waals surface area contributed by atoms with Crippen molar-refractivity contribution in [2.24, 2.45) is 0 Å². The lowest BCUT2D eigenvalue weighted by molar-refractivity contribution is 0.0532. The Morgan fingerprint density at radius 2 is 2.29 bits per heavy atom. The number of alkyl halides is 1. The molecular weight excluding hydrogens is 224 g/mol. The Bertz CT molecular complexity index is 346. The number of hydrogen-bond donors (Lipinski definition) is 0. The van der Waals surface area contributed by atoms with Crippen molar-refractivity contribution in [3.63, 3.8) is 0 Å². The van der Waals surface area contributed by atoms with Crippen molar-refractivity contribution < 1.29 is 14.3 Å². The predicted molar refractivity (Wildman–Crippen MR) is 55.3 cm³/mol. The first-order valence-electron chi connectivity index (χ1n) is 4.03. The van der Waals surface area contributed by atoms with E-state index in [9.17, 15) is 9.59 Å². The van der Waals surface area contributed by atoms with Crippen LogP contribution in [0.15, 0.2) is 11.4 Å². The van der Waals surface area contributed by atoms with Gasteiger partial charge in [-0.25, -0.2) is 4.79 Å². The van der Waals surface area contributed by atoms with Crippen LogP contribution in [0.3, 0.4) is 0 Å². The number of Topliss-reactive ketones (excluding diaryl/α,β-unsaturated/α-hetero) is 1. The molecule has 0 unspecified atom stereocenters. The van der Waals surface area contributed by atoms with Gasteiger partial charge in [-0.3, -0.25) is 4.79 Å². The van der Waals surface area contributed by atoms with Crippen LogP contribution in [-0.4, -0.2) is 24.2 Å². The van der Waals surface area contributed by atoms with Crippen LogP contribution < -0.4 is 0 Å². The second-order valence-corrected chi connectivity index (χ2v) is 3.66. The van der Waals surface area contributed by atoms with Crippen molar-refractivity contribution in [2.45, 2.75) is 6.92 Å². The van der Waals surface area contributed by atoms with E-state index in [0.29, 0.717) is 17.0 Å². The molecular formula is C9H9ClO3S. The molecule has 1 rings (SSSR count). The summed E-state index contributed by atoms with van der Waals surface area (Å²) >= 11 is 6.56. The topological polar surface area (TPSA) is 43.4 Å². The lowest BCUT2D eigenvalue weighted by atomic mass is 10.2. The zero-order chi connectivity index (χ0) is 10.6. The van der Waals surface area contributed by atoms with E-state index in [0.717, 1.165) is 0 Å². The van der Waals surface area contributed by atoms with E-state index in [4.69, 9.17) is 16.3 Å². The molecule has 0 amide bonds. The summed E-state index contributed by atoms with van der Waals surface area (Å²) in [5.41, 5.74) is 0.466. The lowest BCUT2D eigenvalue weighted by Gasteiger charge is -1.96. The summed E-state index contributed by atoms with van der Waals surface area (Å²) in [6.07, 6.45) is 0. The van der Waals surface area contributed by atoms with Gasteiger partial charge in [-0.1, -0.05) is 0 Å². The van der Waals surface area contributed by atoms with Gasteiger partial charge in [0.05, 0.1) is 12.5 Å². The monoisotopic (exact) mass is 232 g/mol. The fourth-order valence-corrected chi connectivity index (χ4v) is 1.83. The van der Waals surface area contributed by atoms with Crippen LogP contribution in [0.5, 0.6) is 0 Å². The zero-order valence-electron chi connectivity index (χ0n) is 7.58. The molecule has 0 bridgehead atoms. The van der Waals surface area contributed by atoms with Crippen LogP contribution in [0.25, 0.3) is 0 Å². The molecule has 0 aromatic carbocycles. The first kappa shape index (κ1) is 11.2. The van der Waals surface area contributed by atoms with Crippen LogP contribution in [0.2, 0.25) is 0 Å². The molecule has 0 saturated carbocycles. The van der Waals surface area contributed by atoms with Gasteiger partial charge >= 0.3 is 5.97 Å². The molecule has 0 atom stereocenters. The van der Waals surface area contributed by atoms with Crippen LogP contribution in [0, 0.1) is 0 Å². The fourth-order valence-electron chi connectivity index (χ4n) is 0.869. The molecule has 1 heterocycles. The van der Waals surface area contributed by atoms with Crippen molar-refractivity contribution in [3.8, 4) is 0 Å². The maximum absolute atomic E-state index is 11.2. The van der Waals surface area contributed by atoms with Crippen LogP contribution in [0.1, 0.15) is 27.0 Å². The Labute approximate surface area is 90.6 Å². The van der Waals surface area contributed by atoms with Gasteiger partial charge in [0.2, 0.25) is 0 Å². The van der Waals surface area contributed by atoms with E-state index in [1.54, 1.807) is 12.3 Å². The number of carbonyl (C=O) groups excluding carboxylic acids is 2. The molecule has 0 aliphatic rings. The number of hydrogen-bond acceptors (Lipinski definition) is 4. The molecule has 0 saturated heterocycles.